The molecule has 0 radical (unpaired) electrons. The number of nitrogens with zero attached hydrogens (tertiary/aromatic N) is 5. The van der Waals surface area contributed by atoms with E-state index < -0.39 is 6.10 Å². The molecule has 2 fully saturated rings. The second-order valence-corrected chi connectivity index (χ2v) is 13.4. The van der Waals surface area contributed by atoms with Crippen molar-refractivity contribution in [3.05, 3.63) is 74.6 Å². The van der Waals surface area contributed by atoms with Gasteiger partial charge in [-0.25, -0.2) is 9.37 Å². The van der Waals surface area contributed by atoms with Crippen LogP contribution in [0.3, 0.4) is 0 Å². The molecule has 11 heteroatoms. The molecule has 3 aromatic rings. The van der Waals surface area contributed by atoms with Crippen molar-refractivity contribution in [1.82, 2.24) is 19.6 Å². The molecular weight excluding hydrogens is 587 g/mol. The van der Waals surface area contributed by atoms with Gasteiger partial charge in [0, 0.05) is 90.2 Å². The van der Waals surface area contributed by atoms with Gasteiger partial charge >= 0.3 is 0 Å². The maximum atomic E-state index is 13.5. The third kappa shape index (κ3) is 5.90. The summed E-state index contributed by atoms with van der Waals surface area (Å²) < 4.78 is 21.0. The molecule has 46 heavy (non-hydrogen) atoms. The van der Waals surface area contributed by atoms with Crippen LogP contribution in [0.4, 0.5) is 10.1 Å². The number of benzene rings is 1. The van der Waals surface area contributed by atoms with Crippen LogP contribution in [0.1, 0.15) is 86.2 Å². The molecule has 1 atom stereocenters. The van der Waals surface area contributed by atoms with Crippen LogP contribution in [0.2, 0.25) is 0 Å². The average Bonchev–Trinajstić information content (AvgIpc) is 3.49. The molecule has 10 nitrogen and oxygen atoms in total. The van der Waals surface area contributed by atoms with Gasteiger partial charge in [-0.2, -0.15) is 0 Å². The van der Waals surface area contributed by atoms with E-state index in [1.54, 1.807) is 4.57 Å². The number of aliphatic hydroxyl groups excluding tert-OH is 2. The van der Waals surface area contributed by atoms with E-state index in [2.05, 4.69) is 38.1 Å². The van der Waals surface area contributed by atoms with E-state index in [1.807, 2.05) is 6.92 Å². The highest BCUT2D eigenvalue weighted by Gasteiger charge is 2.29. The first kappa shape index (κ1) is 30.8. The number of hydrogen-bond acceptors (Lipinski definition) is 9. The monoisotopic (exact) mass is 630 g/mol. The quantitative estimate of drug-likeness (QED) is 0.286. The van der Waals surface area contributed by atoms with Gasteiger partial charge < -0.3 is 29.9 Å². The van der Waals surface area contributed by atoms with E-state index in [4.69, 9.17) is 9.93 Å². The Morgan fingerprint density at radius 1 is 1.09 bits per heavy atom. The van der Waals surface area contributed by atoms with Crippen molar-refractivity contribution in [2.24, 2.45) is 5.92 Å². The largest absolute Gasteiger partial charge is 0.508 e. The van der Waals surface area contributed by atoms with E-state index in [-0.39, 0.29) is 29.5 Å². The van der Waals surface area contributed by atoms with Gasteiger partial charge in [0.2, 0.25) is 0 Å². The van der Waals surface area contributed by atoms with Crippen molar-refractivity contribution in [2.45, 2.75) is 83.3 Å². The highest BCUT2D eigenvalue weighted by atomic mass is 19.1. The SMILES string of the molecule is Cc1nc2n(c(=O)c1CCN1CCC(c3noc4cc(N5CCC(C(=N)C6=C(O)C=C(F)CC6)CC5)ccc34)CC1)CCCC2O. The smallest absolute Gasteiger partial charge is 0.257 e. The highest BCUT2D eigenvalue weighted by Crippen LogP contribution is 2.36. The van der Waals surface area contributed by atoms with Gasteiger partial charge in [-0.1, -0.05) is 5.16 Å². The number of anilines is 1. The zero-order chi connectivity index (χ0) is 31.9. The number of aliphatic hydroxyl groups is 2. The van der Waals surface area contributed by atoms with Gasteiger partial charge in [-0.05, 0) is 83.5 Å². The van der Waals surface area contributed by atoms with Crippen molar-refractivity contribution >= 4 is 22.4 Å². The number of aromatic nitrogens is 3. The number of aryl methyl sites for hydroxylation is 1. The fourth-order valence-corrected chi connectivity index (χ4v) is 7.81. The van der Waals surface area contributed by atoms with E-state index in [0.717, 1.165) is 105 Å². The summed E-state index contributed by atoms with van der Waals surface area (Å²) in [7, 11) is 0. The van der Waals surface area contributed by atoms with Crippen LogP contribution in [0.5, 0.6) is 0 Å². The van der Waals surface area contributed by atoms with Gasteiger partial charge in [0.15, 0.2) is 5.58 Å². The van der Waals surface area contributed by atoms with Gasteiger partial charge in [-0.3, -0.25) is 9.36 Å². The molecule has 4 aliphatic rings. The van der Waals surface area contributed by atoms with E-state index >= 15 is 0 Å². The van der Waals surface area contributed by atoms with Crippen LogP contribution in [0.15, 0.2) is 50.8 Å². The van der Waals surface area contributed by atoms with Crippen molar-refractivity contribution < 1.29 is 19.1 Å². The Bertz CT molecular complexity index is 1760. The Labute approximate surface area is 267 Å². The molecule has 0 bridgehead atoms. The highest BCUT2D eigenvalue weighted by molar-refractivity contribution is 6.00. The summed E-state index contributed by atoms with van der Waals surface area (Å²) in [5.74, 6) is 0.470. The van der Waals surface area contributed by atoms with Crippen molar-refractivity contribution in [3.63, 3.8) is 0 Å². The summed E-state index contributed by atoms with van der Waals surface area (Å²) in [6.45, 7) is 6.76. The molecule has 244 valence electrons. The average molecular weight is 631 g/mol. The molecule has 1 aromatic carbocycles. The number of rotatable bonds is 7. The van der Waals surface area contributed by atoms with Crippen molar-refractivity contribution in [3.8, 4) is 0 Å². The second-order valence-electron chi connectivity index (χ2n) is 13.4. The maximum Gasteiger partial charge on any atom is 0.257 e. The standard InChI is InChI=1S/C35H43FN6O4/c1-21-26(35(45)42-13-2-3-29(43)34(42)38-21)12-16-40-14-8-23(9-15-40)33-28-7-5-25(20-31(28)46-39-33)41-17-10-22(11-18-41)32(37)27-6-4-24(36)19-30(27)44/h5,7,19-20,22-23,29,37,43-44H,2-4,6,8-18H2,1H3. The molecule has 0 amide bonds. The molecule has 0 spiro atoms. The summed E-state index contributed by atoms with van der Waals surface area (Å²) in [6, 6.07) is 6.33. The molecule has 2 aromatic heterocycles. The minimum absolute atomic E-state index is 0.00118. The Morgan fingerprint density at radius 3 is 2.63 bits per heavy atom. The first-order valence-corrected chi connectivity index (χ1v) is 16.8. The lowest BCUT2D eigenvalue weighted by Crippen LogP contribution is -2.37. The molecular formula is C35H43FN6O4. The summed E-state index contributed by atoms with van der Waals surface area (Å²) >= 11 is 0. The zero-order valence-corrected chi connectivity index (χ0v) is 26.5. The number of fused-ring (bicyclic) bond motifs is 2. The second kappa shape index (κ2) is 12.8. The van der Waals surface area contributed by atoms with Crippen LogP contribution in [-0.2, 0) is 13.0 Å². The lowest BCUT2D eigenvalue weighted by molar-refractivity contribution is 0.129. The third-order valence-electron chi connectivity index (χ3n) is 10.6. The predicted molar refractivity (Wildman–Crippen MR) is 174 cm³/mol. The Kier molecular flexibility index (Phi) is 8.54. The van der Waals surface area contributed by atoms with Gasteiger partial charge in [-0.15, -0.1) is 0 Å². The van der Waals surface area contributed by atoms with Crippen molar-refractivity contribution in [1.29, 1.82) is 5.41 Å². The lowest BCUT2D eigenvalue weighted by atomic mass is 9.84. The minimum atomic E-state index is -0.652. The third-order valence-corrected chi connectivity index (χ3v) is 10.6. The number of halogens is 1. The Hall–Kier alpha value is -3.83. The number of allylic oxidation sites excluding steroid dienone is 3. The Balaban J connectivity index is 0.941. The first-order valence-electron chi connectivity index (χ1n) is 16.8. The molecule has 7 rings (SSSR count). The van der Waals surface area contributed by atoms with E-state index in [1.165, 1.54) is 0 Å². The van der Waals surface area contributed by atoms with Crippen LogP contribution < -0.4 is 10.5 Å². The molecule has 3 N–H and O–H groups in total. The van der Waals surface area contributed by atoms with E-state index in [0.29, 0.717) is 48.8 Å². The number of nitrogens with one attached hydrogen (secondary N) is 1. The summed E-state index contributed by atoms with van der Waals surface area (Å²) in [6.07, 6.45) is 6.81. The van der Waals surface area contributed by atoms with Gasteiger partial charge in [0.05, 0.1) is 5.69 Å². The fourth-order valence-electron chi connectivity index (χ4n) is 7.81. The van der Waals surface area contributed by atoms with Crippen LogP contribution in [0.25, 0.3) is 11.0 Å². The zero-order valence-electron chi connectivity index (χ0n) is 26.5. The fraction of sp³-hybridized carbons (Fsp3) is 0.543. The van der Waals surface area contributed by atoms with Gasteiger partial charge in [0.1, 0.15) is 23.5 Å². The van der Waals surface area contributed by atoms with Gasteiger partial charge in [0.25, 0.3) is 5.56 Å². The normalized spacial score (nSPS) is 21.9. The molecule has 1 aliphatic carbocycles. The molecule has 5 heterocycles. The lowest BCUT2D eigenvalue weighted by Gasteiger charge is -2.34. The Morgan fingerprint density at radius 2 is 1.87 bits per heavy atom. The van der Waals surface area contributed by atoms with Crippen molar-refractivity contribution in [2.75, 3.05) is 37.6 Å². The summed E-state index contributed by atoms with van der Waals surface area (Å²) in [4.78, 5) is 22.5. The van der Waals surface area contributed by atoms with Crippen LogP contribution in [0, 0.1) is 18.3 Å². The molecule has 2 saturated heterocycles. The maximum absolute atomic E-state index is 13.5. The summed E-state index contributed by atoms with van der Waals surface area (Å²) in [5, 5.41) is 34.7. The molecule has 1 unspecified atom stereocenters. The topological polar surface area (TPSA) is 132 Å². The number of hydrogen-bond donors (Lipinski definition) is 3. The number of piperidine rings is 2. The van der Waals surface area contributed by atoms with Crippen LogP contribution in [-0.4, -0.2) is 68.3 Å². The summed E-state index contributed by atoms with van der Waals surface area (Å²) in [5.41, 5.74) is 5.41. The minimum Gasteiger partial charge on any atom is -0.508 e. The molecule has 0 saturated carbocycles. The first-order chi connectivity index (χ1) is 22.3. The predicted octanol–water partition coefficient (Wildman–Crippen LogP) is 5.64. The number of likely N-dealkylation sites (tertiary alicyclic amines) is 1. The van der Waals surface area contributed by atoms with E-state index in [9.17, 15) is 19.4 Å². The molecule has 3 aliphatic heterocycles. The van der Waals surface area contributed by atoms with Crippen LogP contribution >= 0.6 is 0 Å².